The quantitative estimate of drug-likeness (QED) is 0.799. The fourth-order valence-corrected chi connectivity index (χ4v) is 2.24. The smallest absolute Gasteiger partial charge is 0.337 e. The van der Waals surface area contributed by atoms with E-state index in [9.17, 15) is 9.90 Å². The third kappa shape index (κ3) is 2.26. The molecule has 5 nitrogen and oxygen atoms in total. The van der Waals surface area contributed by atoms with Crippen molar-refractivity contribution in [1.29, 1.82) is 0 Å². The highest BCUT2D eigenvalue weighted by atomic mass is 16.5. The zero-order valence-corrected chi connectivity index (χ0v) is 10.5. The van der Waals surface area contributed by atoms with Gasteiger partial charge in [0.15, 0.2) is 11.5 Å². The van der Waals surface area contributed by atoms with Crippen molar-refractivity contribution < 1.29 is 19.4 Å². The second-order valence-corrected chi connectivity index (χ2v) is 4.26. The number of methoxy groups -OCH3 is 2. The molecule has 1 aliphatic rings. The summed E-state index contributed by atoms with van der Waals surface area (Å²) in [5.74, 6) is -0.0568. The van der Waals surface area contributed by atoms with Crippen molar-refractivity contribution >= 4 is 5.97 Å². The zero-order valence-electron chi connectivity index (χ0n) is 10.5. The van der Waals surface area contributed by atoms with E-state index in [0.29, 0.717) is 16.9 Å². The maximum absolute atomic E-state index is 11.6. The van der Waals surface area contributed by atoms with Gasteiger partial charge in [0, 0.05) is 11.6 Å². The first-order valence-corrected chi connectivity index (χ1v) is 5.90. The molecule has 1 saturated heterocycles. The van der Waals surface area contributed by atoms with E-state index in [4.69, 9.17) is 9.47 Å². The first kappa shape index (κ1) is 12.7. The van der Waals surface area contributed by atoms with Crippen LogP contribution in [0.3, 0.4) is 0 Å². The lowest BCUT2D eigenvalue weighted by atomic mass is 10.0. The number of benzene rings is 1. The molecule has 0 amide bonds. The van der Waals surface area contributed by atoms with E-state index in [-0.39, 0.29) is 11.8 Å². The molecule has 0 spiro atoms. The number of phenolic OH excluding ortho intramolecular Hbond substituents is 1. The van der Waals surface area contributed by atoms with Gasteiger partial charge in [0.25, 0.3) is 0 Å². The molecule has 98 valence electrons. The van der Waals surface area contributed by atoms with Gasteiger partial charge in [-0.1, -0.05) is 0 Å². The van der Waals surface area contributed by atoms with Crippen LogP contribution in [0.2, 0.25) is 0 Å². The van der Waals surface area contributed by atoms with Gasteiger partial charge in [-0.15, -0.1) is 0 Å². The Morgan fingerprint density at radius 3 is 2.78 bits per heavy atom. The summed E-state index contributed by atoms with van der Waals surface area (Å²) in [4.78, 5) is 11.6. The number of nitrogens with one attached hydrogen (secondary N) is 1. The molecule has 0 aromatic heterocycles. The van der Waals surface area contributed by atoms with Crippen molar-refractivity contribution in [3.63, 3.8) is 0 Å². The Labute approximate surface area is 106 Å². The highest BCUT2D eigenvalue weighted by molar-refractivity contribution is 5.90. The van der Waals surface area contributed by atoms with E-state index >= 15 is 0 Å². The molecular weight excluding hydrogens is 234 g/mol. The van der Waals surface area contributed by atoms with Gasteiger partial charge in [-0.3, -0.25) is 0 Å². The van der Waals surface area contributed by atoms with Crippen LogP contribution in [0.5, 0.6) is 11.5 Å². The van der Waals surface area contributed by atoms with E-state index in [2.05, 4.69) is 5.32 Å². The minimum atomic E-state index is -0.437. The van der Waals surface area contributed by atoms with E-state index < -0.39 is 5.97 Å². The second-order valence-electron chi connectivity index (χ2n) is 4.26. The highest BCUT2D eigenvalue weighted by Crippen LogP contribution is 2.38. The van der Waals surface area contributed by atoms with E-state index in [0.717, 1.165) is 19.4 Å². The SMILES string of the molecule is COC(=O)c1cc(OC)c(O)c(C2CCCN2)c1. The van der Waals surface area contributed by atoms with E-state index in [1.54, 1.807) is 6.07 Å². The molecule has 5 heteroatoms. The molecule has 1 unspecified atom stereocenters. The summed E-state index contributed by atoms with van der Waals surface area (Å²) in [5.41, 5.74) is 1.07. The van der Waals surface area contributed by atoms with Gasteiger partial charge in [-0.25, -0.2) is 4.79 Å². The molecule has 2 N–H and O–H groups in total. The van der Waals surface area contributed by atoms with Crippen LogP contribution in [0.4, 0.5) is 0 Å². The molecule has 0 aliphatic carbocycles. The van der Waals surface area contributed by atoms with Gasteiger partial charge < -0.3 is 19.9 Å². The molecule has 0 saturated carbocycles. The van der Waals surface area contributed by atoms with Crippen molar-refractivity contribution in [2.45, 2.75) is 18.9 Å². The standard InChI is InChI=1S/C13H17NO4/c1-17-11-7-8(13(16)18-2)6-9(12(11)15)10-4-3-5-14-10/h6-7,10,14-15H,3-5H2,1-2H3. The minimum Gasteiger partial charge on any atom is -0.504 e. The Morgan fingerprint density at radius 1 is 1.44 bits per heavy atom. The van der Waals surface area contributed by atoms with Crippen LogP contribution >= 0.6 is 0 Å². The summed E-state index contributed by atoms with van der Waals surface area (Å²) >= 11 is 0. The summed E-state index contributed by atoms with van der Waals surface area (Å²) in [5, 5.41) is 13.4. The maximum atomic E-state index is 11.6. The molecule has 0 bridgehead atoms. The maximum Gasteiger partial charge on any atom is 0.337 e. The number of hydrogen-bond donors (Lipinski definition) is 2. The summed E-state index contributed by atoms with van der Waals surface area (Å²) in [6.07, 6.45) is 1.98. The number of carbonyl (C=O) groups is 1. The predicted molar refractivity (Wildman–Crippen MR) is 66.0 cm³/mol. The van der Waals surface area contributed by atoms with Crippen LogP contribution in [0.1, 0.15) is 34.8 Å². The summed E-state index contributed by atoms with van der Waals surface area (Å²) in [6, 6.07) is 3.20. The highest BCUT2D eigenvalue weighted by Gasteiger charge is 2.23. The Balaban J connectivity index is 2.45. The molecule has 2 rings (SSSR count). The first-order valence-electron chi connectivity index (χ1n) is 5.90. The van der Waals surface area contributed by atoms with Crippen LogP contribution in [0, 0.1) is 0 Å². The fourth-order valence-electron chi connectivity index (χ4n) is 2.24. The summed E-state index contributed by atoms with van der Waals surface area (Å²) in [6.45, 7) is 0.912. The molecule has 0 radical (unpaired) electrons. The van der Waals surface area contributed by atoms with E-state index in [1.807, 2.05) is 0 Å². The second kappa shape index (κ2) is 5.27. The number of aromatic hydroxyl groups is 1. The molecule has 1 aromatic carbocycles. The molecule has 1 fully saturated rings. The first-order chi connectivity index (χ1) is 8.67. The van der Waals surface area contributed by atoms with Crippen LogP contribution < -0.4 is 10.1 Å². The Kier molecular flexibility index (Phi) is 3.72. The lowest BCUT2D eigenvalue weighted by Gasteiger charge is -2.16. The predicted octanol–water partition coefficient (Wildman–Crippen LogP) is 1.61. The van der Waals surface area contributed by atoms with Gasteiger partial charge >= 0.3 is 5.97 Å². The number of carbonyl (C=O) groups excluding carboxylic acids is 1. The fraction of sp³-hybridized carbons (Fsp3) is 0.462. The number of rotatable bonds is 3. The number of ether oxygens (including phenoxy) is 2. The third-order valence-corrected chi connectivity index (χ3v) is 3.18. The topological polar surface area (TPSA) is 67.8 Å². The summed E-state index contributed by atoms with van der Waals surface area (Å²) in [7, 11) is 2.79. The van der Waals surface area contributed by atoms with Crippen LogP contribution in [-0.4, -0.2) is 31.8 Å². The lowest BCUT2D eigenvalue weighted by molar-refractivity contribution is 0.0600. The minimum absolute atomic E-state index is 0.0588. The lowest BCUT2D eigenvalue weighted by Crippen LogP contribution is -2.14. The number of esters is 1. The third-order valence-electron chi connectivity index (χ3n) is 3.18. The van der Waals surface area contributed by atoms with Gasteiger partial charge in [0.2, 0.25) is 0 Å². The van der Waals surface area contributed by atoms with Crippen molar-refractivity contribution in [1.82, 2.24) is 5.32 Å². The number of phenols is 1. The van der Waals surface area contributed by atoms with Crippen molar-refractivity contribution in [3.05, 3.63) is 23.3 Å². The van der Waals surface area contributed by atoms with Crippen LogP contribution in [0.15, 0.2) is 12.1 Å². The molecule has 1 atom stereocenters. The van der Waals surface area contributed by atoms with Gasteiger partial charge in [0.1, 0.15) is 0 Å². The largest absolute Gasteiger partial charge is 0.504 e. The number of hydrogen-bond acceptors (Lipinski definition) is 5. The molecule has 18 heavy (non-hydrogen) atoms. The molecule has 1 heterocycles. The van der Waals surface area contributed by atoms with Crippen molar-refractivity contribution in [3.8, 4) is 11.5 Å². The van der Waals surface area contributed by atoms with Gasteiger partial charge in [-0.2, -0.15) is 0 Å². The van der Waals surface area contributed by atoms with Crippen LogP contribution in [0.25, 0.3) is 0 Å². The average Bonchev–Trinajstić information content (AvgIpc) is 2.92. The Morgan fingerprint density at radius 2 is 2.22 bits per heavy atom. The van der Waals surface area contributed by atoms with Gasteiger partial charge in [-0.05, 0) is 31.5 Å². The average molecular weight is 251 g/mol. The van der Waals surface area contributed by atoms with Crippen molar-refractivity contribution in [2.75, 3.05) is 20.8 Å². The normalized spacial score (nSPS) is 18.7. The zero-order chi connectivity index (χ0) is 13.1. The monoisotopic (exact) mass is 251 g/mol. The molecule has 1 aliphatic heterocycles. The summed E-state index contributed by atoms with van der Waals surface area (Å²) < 4.78 is 9.79. The Hall–Kier alpha value is -1.75. The van der Waals surface area contributed by atoms with Gasteiger partial charge in [0.05, 0.1) is 19.8 Å². The van der Waals surface area contributed by atoms with E-state index in [1.165, 1.54) is 20.3 Å². The van der Waals surface area contributed by atoms with Crippen LogP contribution in [-0.2, 0) is 4.74 Å². The Bertz CT molecular complexity index is 453. The molecular formula is C13H17NO4. The molecule has 1 aromatic rings. The van der Waals surface area contributed by atoms with Crippen molar-refractivity contribution in [2.24, 2.45) is 0 Å².